The smallest absolute Gasteiger partial charge is 0.325 e. The number of ether oxygens (including phenoxy) is 2. The average molecular weight is 458 g/mol. The quantitative estimate of drug-likeness (QED) is 0.399. The van der Waals surface area contributed by atoms with Crippen LogP contribution in [0.3, 0.4) is 0 Å². The lowest BCUT2D eigenvalue weighted by atomic mass is 9.77. The number of benzene rings is 3. The van der Waals surface area contributed by atoms with Crippen LogP contribution in [0.5, 0.6) is 5.75 Å². The topological polar surface area (TPSA) is 79.9 Å². The van der Waals surface area contributed by atoms with Gasteiger partial charge in [0.25, 0.3) is 0 Å². The van der Waals surface area contributed by atoms with Crippen molar-refractivity contribution in [3.63, 3.8) is 0 Å². The van der Waals surface area contributed by atoms with Gasteiger partial charge in [-0.2, -0.15) is 0 Å². The van der Waals surface area contributed by atoms with Gasteiger partial charge in [-0.1, -0.05) is 72.8 Å². The summed E-state index contributed by atoms with van der Waals surface area (Å²) in [7, 11) is 2.94. The molecule has 0 unspecified atom stereocenters. The highest BCUT2D eigenvalue weighted by molar-refractivity contribution is 5.83. The zero-order chi connectivity index (χ0) is 24.0. The van der Waals surface area contributed by atoms with Crippen molar-refractivity contribution in [1.29, 1.82) is 0 Å². The summed E-state index contributed by atoms with van der Waals surface area (Å²) in [6.07, 6.45) is 1.86. The molecule has 0 fully saturated rings. The molecular formula is C27H27N3O4. The summed E-state index contributed by atoms with van der Waals surface area (Å²) in [5.41, 5.74) is 2.16. The van der Waals surface area contributed by atoms with Crippen LogP contribution < -0.4 is 15.4 Å². The van der Waals surface area contributed by atoms with Crippen LogP contribution in [-0.2, 0) is 15.1 Å². The molecule has 2 N–H and O–H groups in total. The highest BCUT2D eigenvalue weighted by Gasteiger charge is 2.38. The van der Waals surface area contributed by atoms with E-state index in [-0.39, 0.29) is 19.1 Å². The van der Waals surface area contributed by atoms with Crippen molar-refractivity contribution < 1.29 is 19.1 Å². The lowest BCUT2D eigenvalue weighted by Crippen LogP contribution is -2.53. The van der Waals surface area contributed by atoms with Crippen molar-refractivity contribution >= 4 is 12.0 Å². The second-order valence-corrected chi connectivity index (χ2v) is 7.84. The van der Waals surface area contributed by atoms with E-state index in [0.29, 0.717) is 5.82 Å². The van der Waals surface area contributed by atoms with Crippen molar-refractivity contribution in [2.24, 2.45) is 0 Å². The molecule has 0 bridgehead atoms. The van der Waals surface area contributed by atoms with Crippen molar-refractivity contribution in [2.45, 2.75) is 5.54 Å². The average Bonchev–Trinajstić information content (AvgIpc) is 2.90. The number of nitrogens with one attached hydrogen (secondary N) is 2. The van der Waals surface area contributed by atoms with Gasteiger partial charge < -0.3 is 19.7 Å². The number of amides is 2. The normalized spacial score (nSPS) is 13.5. The van der Waals surface area contributed by atoms with Gasteiger partial charge in [-0.05, 0) is 34.9 Å². The number of esters is 1. The molecule has 0 spiro atoms. The first-order valence-corrected chi connectivity index (χ1v) is 10.9. The van der Waals surface area contributed by atoms with Gasteiger partial charge >= 0.3 is 12.0 Å². The number of hydrogen-bond acceptors (Lipinski definition) is 5. The van der Waals surface area contributed by atoms with E-state index >= 15 is 0 Å². The van der Waals surface area contributed by atoms with E-state index in [1.165, 1.54) is 12.0 Å². The van der Waals surface area contributed by atoms with Crippen LogP contribution in [0.15, 0.2) is 96.8 Å². The molecule has 34 heavy (non-hydrogen) atoms. The maximum atomic E-state index is 12.7. The highest BCUT2D eigenvalue weighted by atomic mass is 16.5. The molecule has 7 heteroatoms. The Morgan fingerprint density at radius 3 is 1.97 bits per heavy atom. The van der Waals surface area contributed by atoms with Crippen molar-refractivity contribution in [3.05, 3.63) is 114 Å². The predicted molar refractivity (Wildman–Crippen MR) is 129 cm³/mol. The molecule has 0 atom stereocenters. The highest BCUT2D eigenvalue weighted by Crippen LogP contribution is 2.38. The monoisotopic (exact) mass is 457 g/mol. The Hall–Kier alpha value is -4.26. The van der Waals surface area contributed by atoms with E-state index in [1.807, 2.05) is 66.7 Å². The molecule has 1 aliphatic rings. The van der Waals surface area contributed by atoms with Crippen LogP contribution in [0.25, 0.3) is 0 Å². The molecule has 2 amide bonds. The minimum absolute atomic E-state index is 0.118. The van der Waals surface area contributed by atoms with Gasteiger partial charge in [-0.3, -0.25) is 10.1 Å². The van der Waals surface area contributed by atoms with Crippen LogP contribution in [0.4, 0.5) is 4.79 Å². The van der Waals surface area contributed by atoms with Gasteiger partial charge in [0.05, 0.1) is 14.2 Å². The van der Waals surface area contributed by atoms with Crippen LogP contribution in [0, 0.1) is 0 Å². The summed E-state index contributed by atoms with van der Waals surface area (Å²) in [6, 6.07) is 27.6. The minimum atomic E-state index is -0.807. The summed E-state index contributed by atoms with van der Waals surface area (Å²) in [4.78, 5) is 25.8. The Bertz CT molecular complexity index is 1120. The van der Waals surface area contributed by atoms with E-state index in [0.717, 1.165) is 22.4 Å². The molecular weight excluding hydrogens is 430 g/mol. The maximum Gasteiger partial charge on any atom is 0.325 e. The van der Waals surface area contributed by atoms with Gasteiger partial charge in [-0.25, -0.2) is 4.79 Å². The van der Waals surface area contributed by atoms with E-state index in [9.17, 15) is 9.59 Å². The third kappa shape index (κ3) is 4.59. The third-order valence-electron chi connectivity index (χ3n) is 5.85. The Morgan fingerprint density at radius 2 is 1.47 bits per heavy atom. The number of hydrogen-bond donors (Lipinski definition) is 2. The fourth-order valence-electron chi connectivity index (χ4n) is 4.10. The number of urea groups is 1. The first-order chi connectivity index (χ1) is 16.6. The molecule has 7 nitrogen and oxygen atoms in total. The molecule has 4 rings (SSSR count). The van der Waals surface area contributed by atoms with Crippen molar-refractivity contribution in [2.75, 3.05) is 27.3 Å². The second kappa shape index (κ2) is 10.1. The molecule has 1 heterocycles. The Labute approximate surface area is 199 Å². The molecule has 0 saturated carbocycles. The van der Waals surface area contributed by atoms with E-state index in [1.54, 1.807) is 7.11 Å². The van der Waals surface area contributed by atoms with Gasteiger partial charge in [-0.15, -0.1) is 0 Å². The first kappa shape index (κ1) is 22.9. The van der Waals surface area contributed by atoms with Crippen molar-refractivity contribution in [1.82, 2.24) is 15.5 Å². The maximum absolute atomic E-state index is 12.7. The van der Waals surface area contributed by atoms with Gasteiger partial charge in [0, 0.05) is 6.54 Å². The molecule has 3 aromatic rings. The number of nitrogens with zero attached hydrogens (tertiary/aromatic N) is 1. The molecule has 0 saturated heterocycles. The molecule has 3 aromatic carbocycles. The molecule has 0 aromatic heterocycles. The first-order valence-electron chi connectivity index (χ1n) is 10.9. The zero-order valence-electron chi connectivity index (χ0n) is 19.2. The fourth-order valence-corrected chi connectivity index (χ4v) is 4.10. The summed E-state index contributed by atoms with van der Waals surface area (Å²) in [6.45, 7) is 0.151. The fraction of sp³-hybridized carbons (Fsp3) is 0.185. The van der Waals surface area contributed by atoms with Gasteiger partial charge in [0.2, 0.25) is 0 Å². The van der Waals surface area contributed by atoms with E-state index in [4.69, 9.17) is 9.47 Å². The van der Waals surface area contributed by atoms with Gasteiger partial charge in [0.15, 0.2) is 0 Å². The molecule has 174 valence electrons. The van der Waals surface area contributed by atoms with E-state index < -0.39 is 11.5 Å². The van der Waals surface area contributed by atoms with Crippen molar-refractivity contribution in [3.8, 4) is 5.75 Å². The molecule has 1 aliphatic heterocycles. The Balaban J connectivity index is 1.81. The molecule has 0 aliphatic carbocycles. The number of methoxy groups -OCH3 is 2. The van der Waals surface area contributed by atoms with Crippen LogP contribution in [-0.4, -0.2) is 44.2 Å². The Morgan fingerprint density at radius 1 is 0.912 bits per heavy atom. The lowest BCUT2D eigenvalue weighted by Gasteiger charge is -2.40. The third-order valence-corrected chi connectivity index (χ3v) is 5.85. The van der Waals surface area contributed by atoms with Crippen LogP contribution in [0.1, 0.15) is 16.7 Å². The predicted octanol–water partition coefficient (Wildman–Crippen LogP) is 3.62. The van der Waals surface area contributed by atoms with E-state index in [2.05, 4.69) is 34.9 Å². The molecule has 0 radical (unpaired) electrons. The standard InChI is InChI=1S/C27H27N3O4/c1-33-23-15-13-22(14-16-23)27(20-9-5-3-6-10-20,21-11-7-4-8-12-21)29-24-17-18-30(26(32)28-24)19-25(31)34-2/h3-17,29H,18-19H2,1-2H3,(H,28,32). The number of carbonyl (C=O) groups excluding carboxylic acids is 2. The summed E-state index contributed by atoms with van der Waals surface area (Å²) < 4.78 is 10.1. The number of carbonyl (C=O) groups is 2. The number of rotatable bonds is 8. The summed E-state index contributed by atoms with van der Waals surface area (Å²) in [5.74, 6) is 0.832. The van der Waals surface area contributed by atoms with Crippen LogP contribution >= 0.6 is 0 Å². The lowest BCUT2D eigenvalue weighted by molar-refractivity contribution is -0.141. The zero-order valence-corrected chi connectivity index (χ0v) is 19.2. The van der Waals surface area contributed by atoms with Crippen LogP contribution in [0.2, 0.25) is 0 Å². The SMILES string of the molecule is COC(=O)CN1CC=C(NC(c2ccccc2)(c2ccccc2)c2ccc(OC)cc2)NC1=O. The largest absolute Gasteiger partial charge is 0.497 e. The summed E-state index contributed by atoms with van der Waals surface area (Å²) in [5, 5.41) is 6.51. The second-order valence-electron chi connectivity index (χ2n) is 7.84. The Kier molecular flexibility index (Phi) is 6.82. The van der Waals surface area contributed by atoms with Gasteiger partial charge in [0.1, 0.15) is 23.7 Å². The summed E-state index contributed by atoms with van der Waals surface area (Å²) >= 11 is 0. The minimum Gasteiger partial charge on any atom is -0.497 e.